The Labute approximate surface area is 225 Å². The number of aromatic nitrogens is 3. The molecular weight excluding hydrogens is 508 g/mol. The Morgan fingerprint density at radius 3 is 2.58 bits per heavy atom. The second-order valence-corrected chi connectivity index (χ2v) is 9.94. The largest absolute Gasteiger partial charge is 0.483 e. The molecule has 0 aliphatic rings. The molecule has 0 saturated carbocycles. The third-order valence-electron chi connectivity index (χ3n) is 5.74. The highest BCUT2D eigenvalue weighted by Crippen LogP contribution is 2.27. The summed E-state index contributed by atoms with van der Waals surface area (Å²) < 4.78 is 7.61. The molecule has 2 N–H and O–H groups in total. The van der Waals surface area contributed by atoms with Gasteiger partial charge in [0, 0.05) is 18.7 Å². The van der Waals surface area contributed by atoms with Gasteiger partial charge in [-0.25, -0.2) is 0 Å². The molecule has 0 saturated heterocycles. The Bertz CT molecular complexity index is 1320. The molecule has 2 amide bonds. The Morgan fingerprint density at radius 2 is 1.89 bits per heavy atom. The van der Waals surface area contributed by atoms with Crippen molar-refractivity contribution in [3.8, 4) is 5.75 Å². The van der Waals surface area contributed by atoms with Gasteiger partial charge in [-0.05, 0) is 49.4 Å². The predicted molar refractivity (Wildman–Crippen MR) is 145 cm³/mol. The number of non-ortho nitro benzene ring substituents is 1. The SMILES string of the molecule is CCn1c(CNC(=O)COc2cc(C)ccc2C(C)C)nnc1SCC(=O)Nc1cc([N+](=O)[O-])ccc1C. The van der Waals surface area contributed by atoms with Gasteiger partial charge in [0.1, 0.15) is 5.75 Å². The summed E-state index contributed by atoms with van der Waals surface area (Å²) in [6.07, 6.45) is 0. The number of ether oxygens (including phenoxy) is 1. The van der Waals surface area contributed by atoms with E-state index in [4.69, 9.17) is 4.74 Å². The van der Waals surface area contributed by atoms with E-state index in [1.165, 1.54) is 23.9 Å². The number of rotatable bonds is 12. The lowest BCUT2D eigenvalue weighted by molar-refractivity contribution is -0.384. The minimum Gasteiger partial charge on any atom is -0.483 e. The first-order valence-electron chi connectivity index (χ1n) is 12.2. The monoisotopic (exact) mass is 540 g/mol. The van der Waals surface area contributed by atoms with Crippen molar-refractivity contribution in [3.63, 3.8) is 0 Å². The van der Waals surface area contributed by atoms with Crippen molar-refractivity contribution in [2.45, 2.75) is 58.8 Å². The number of benzene rings is 2. The summed E-state index contributed by atoms with van der Waals surface area (Å²) in [6, 6.07) is 10.3. The molecule has 202 valence electrons. The number of nitro groups is 1. The standard InChI is InChI=1S/C26H32N6O5S/c1-6-31-23(13-27-24(33)14-37-22-11-17(4)7-10-20(22)16(2)3)29-30-26(31)38-15-25(34)28-21-12-19(32(35)36)9-8-18(21)5/h7-12,16H,6,13-15H2,1-5H3,(H,27,33)(H,28,34). The number of carbonyl (C=O) groups excluding carboxylic acids is 2. The van der Waals surface area contributed by atoms with E-state index >= 15 is 0 Å². The van der Waals surface area contributed by atoms with Crippen LogP contribution in [0, 0.1) is 24.0 Å². The van der Waals surface area contributed by atoms with E-state index in [0.29, 0.717) is 29.0 Å². The molecule has 3 rings (SSSR count). The second kappa shape index (κ2) is 13.0. The average molecular weight is 541 g/mol. The topological polar surface area (TPSA) is 141 Å². The molecule has 2 aromatic carbocycles. The second-order valence-electron chi connectivity index (χ2n) is 9.00. The number of hydrogen-bond acceptors (Lipinski definition) is 8. The lowest BCUT2D eigenvalue weighted by Gasteiger charge is -2.15. The number of hydrogen-bond donors (Lipinski definition) is 2. The number of nitro benzene ring substituents is 1. The van der Waals surface area contributed by atoms with Crippen molar-refractivity contribution in [2.75, 3.05) is 17.7 Å². The molecule has 0 spiro atoms. The molecule has 3 aromatic rings. The van der Waals surface area contributed by atoms with E-state index < -0.39 is 4.92 Å². The summed E-state index contributed by atoms with van der Waals surface area (Å²) in [4.78, 5) is 35.4. The minimum absolute atomic E-state index is 0.0368. The zero-order valence-electron chi connectivity index (χ0n) is 22.1. The first-order valence-corrected chi connectivity index (χ1v) is 13.2. The van der Waals surface area contributed by atoms with Gasteiger partial charge in [-0.3, -0.25) is 19.7 Å². The molecular formula is C26H32N6O5S. The van der Waals surface area contributed by atoms with Gasteiger partial charge in [-0.2, -0.15) is 0 Å². The van der Waals surface area contributed by atoms with Crippen molar-refractivity contribution >= 4 is 35.0 Å². The molecule has 0 fully saturated rings. The third kappa shape index (κ3) is 7.54. The minimum atomic E-state index is -0.508. The molecule has 11 nitrogen and oxygen atoms in total. The highest BCUT2D eigenvalue weighted by Gasteiger charge is 2.16. The van der Waals surface area contributed by atoms with Crippen LogP contribution in [0.1, 0.15) is 49.2 Å². The molecule has 0 aliphatic carbocycles. The zero-order valence-corrected chi connectivity index (χ0v) is 22.9. The summed E-state index contributed by atoms with van der Waals surface area (Å²) in [6.45, 7) is 10.4. The molecule has 38 heavy (non-hydrogen) atoms. The maximum Gasteiger partial charge on any atom is 0.271 e. The van der Waals surface area contributed by atoms with Gasteiger partial charge in [-0.1, -0.05) is 43.8 Å². The van der Waals surface area contributed by atoms with Crippen molar-refractivity contribution in [1.29, 1.82) is 0 Å². The number of thioether (sulfide) groups is 1. The zero-order chi connectivity index (χ0) is 27.8. The number of anilines is 1. The maximum atomic E-state index is 12.5. The van der Waals surface area contributed by atoms with Crippen LogP contribution in [-0.2, 0) is 22.7 Å². The fourth-order valence-corrected chi connectivity index (χ4v) is 4.49. The Kier molecular flexibility index (Phi) is 9.83. The molecule has 0 bridgehead atoms. The van der Waals surface area contributed by atoms with E-state index in [1.54, 1.807) is 13.0 Å². The number of nitrogens with zero attached hydrogens (tertiary/aromatic N) is 4. The van der Waals surface area contributed by atoms with Crippen molar-refractivity contribution in [1.82, 2.24) is 20.1 Å². The van der Waals surface area contributed by atoms with E-state index in [1.807, 2.05) is 36.6 Å². The highest BCUT2D eigenvalue weighted by atomic mass is 32.2. The van der Waals surface area contributed by atoms with Gasteiger partial charge in [0.15, 0.2) is 17.6 Å². The number of nitrogens with one attached hydrogen (secondary N) is 2. The van der Waals surface area contributed by atoms with Gasteiger partial charge in [0.25, 0.3) is 11.6 Å². The number of aryl methyl sites for hydroxylation is 2. The normalized spacial score (nSPS) is 10.9. The number of carbonyl (C=O) groups is 2. The molecule has 1 aromatic heterocycles. The summed E-state index contributed by atoms with van der Waals surface area (Å²) in [5.41, 5.74) is 3.11. The smallest absolute Gasteiger partial charge is 0.271 e. The van der Waals surface area contributed by atoms with Crippen LogP contribution in [-0.4, -0.2) is 43.9 Å². The van der Waals surface area contributed by atoms with Crippen LogP contribution in [0.3, 0.4) is 0 Å². The summed E-state index contributed by atoms with van der Waals surface area (Å²) in [7, 11) is 0. The molecule has 12 heteroatoms. The van der Waals surface area contributed by atoms with E-state index in [-0.39, 0.29) is 42.3 Å². The fraction of sp³-hybridized carbons (Fsp3) is 0.385. The number of amides is 2. The van der Waals surface area contributed by atoms with E-state index in [9.17, 15) is 19.7 Å². The fourth-order valence-electron chi connectivity index (χ4n) is 3.66. The Hall–Kier alpha value is -3.93. The summed E-state index contributed by atoms with van der Waals surface area (Å²) in [5.74, 6) is 0.946. The maximum absolute atomic E-state index is 12.5. The lowest BCUT2D eigenvalue weighted by Crippen LogP contribution is -2.29. The summed E-state index contributed by atoms with van der Waals surface area (Å²) >= 11 is 1.19. The van der Waals surface area contributed by atoms with Crippen LogP contribution in [0.15, 0.2) is 41.6 Å². The lowest BCUT2D eigenvalue weighted by atomic mass is 10.0. The molecule has 0 atom stereocenters. The van der Waals surface area contributed by atoms with Crippen LogP contribution in [0.25, 0.3) is 0 Å². The van der Waals surface area contributed by atoms with Gasteiger partial charge < -0.3 is 19.9 Å². The molecule has 1 heterocycles. The molecule has 0 radical (unpaired) electrons. The van der Waals surface area contributed by atoms with Crippen LogP contribution in [0.2, 0.25) is 0 Å². The van der Waals surface area contributed by atoms with Crippen LogP contribution in [0.4, 0.5) is 11.4 Å². The summed E-state index contributed by atoms with van der Waals surface area (Å²) in [5, 5.41) is 25.4. The average Bonchev–Trinajstić information content (AvgIpc) is 3.27. The molecule has 0 aliphatic heterocycles. The first kappa shape index (κ1) is 28.6. The van der Waals surface area contributed by atoms with Crippen LogP contribution < -0.4 is 15.4 Å². The van der Waals surface area contributed by atoms with E-state index in [0.717, 1.165) is 16.7 Å². The van der Waals surface area contributed by atoms with Gasteiger partial charge in [0.05, 0.1) is 22.9 Å². The first-order chi connectivity index (χ1) is 18.1. The highest BCUT2D eigenvalue weighted by molar-refractivity contribution is 7.99. The Morgan fingerprint density at radius 1 is 1.13 bits per heavy atom. The van der Waals surface area contributed by atoms with Crippen molar-refractivity contribution < 1.29 is 19.2 Å². The van der Waals surface area contributed by atoms with Gasteiger partial charge in [-0.15, -0.1) is 10.2 Å². The van der Waals surface area contributed by atoms with Gasteiger partial charge in [0.2, 0.25) is 5.91 Å². The van der Waals surface area contributed by atoms with Crippen LogP contribution >= 0.6 is 11.8 Å². The quantitative estimate of drug-likeness (QED) is 0.196. The predicted octanol–water partition coefficient (Wildman–Crippen LogP) is 4.37. The molecule has 0 unspecified atom stereocenters. The third-order valence-corrected chi connectivity index (χ3v) is 6.71. The van der Waals surface area contributed by atoms with Crippen molar-refractivity contribution in [2.24, 2.45) is 0 Å². The van der Waals surface area contributed by atoms with E-state index in [2.05, 4.69) is 34.7 Å². The van der Waals surface area contributed by atoms with Crippen LogP contribution in [0.5, 0.6) is 5.75 Å². The van der Waals surface area contributed by atoms with Crippen molar-refractivity contribution in [3.05, 3.63) is 69.0 Å². The Balaban J connectivity index is 1.54. The van der Waals surface area contributed by atoms with Gasteiger partial charge >= 0.3 is 0 Å².